The van der Waals surface area contributed by atoms with Crippen molar-refractivity contribution in [3.05, 3.63) is 34.9 Å². The topological polar surface area (TPSA) is 64.8 Å². The number of nitrogens with two attached hydrogens (primary N) is 1. The van der Waals surface area contributed by atoms with Crippen molar-refractivity contribution >= 4 is 5.91 Å². The van der Waals surface area contributed by atoms with E-state index in [1.54, 1.807) is 0 Å². The lowest BCUT2D eigenvalue weighted by Gasteiger charge is -2.58. The van der Waals surface area contributed by atoms with Crippen molar-refractivity contribution in [3.8, 4) is 0 Å². The Hall–Kier alpha value is -1.43. The van der Waals surface area contributed by atoms with Gasteiger partial charge in [-0.2, -0.15) is 0 Å². The highest BCUT2D eigenvalue weighted by atomic mass is 16.7. The number of primary amides is 1. The summed E-state index contributed by atoms with van der Waals surface area (Å²) < 4.78 is 12.4. The molecule has 2 saturated heterocycles. The minimum atomic E-state index is -0.457. The van der Waals surface area contributed by atoms with Gasteiger partial charge in [-0.25, -0.2) is 0 Å². The van der Waals surface area contributed by atoms with E-state index in [1.807, 2.05) is 6.07 Å². The number of carbonyl (C=O) groups excluding carboxylic acids is 1. The predicted octanol–water partition coefficient (Wildman–Crippen LogP) is 3.77. The molecular formula is C25H36N2O3. The minimum Gasteiger partial charge on any atom is -0.366 e. The van der Waals surface area contributed by atoms with Crippen LogP contribution in [0.4, 0.5) is 0 Å². The van der Waals surface area contributed by atoms with Crippen LogP contribution in [0.15, 0.2) is 18.2 Å². The zero-order chi connectivity index (χ0) is 20.9. The Morgan fingerprint density at radius 2 is 1.97 bits per heavy atom. The van der Waals surface area contributed by atoms with Crippen molar-refractivity contribution in [1.29, 1.82) is 0 Å². The average Bonchev–Trinajstić information content (AvgIpc) is 3.13. The van der Waals surface area contributed by atoms with Gasteiger partial charge in [0.25, 0.3) is 0 Å². The Morgan fingerprint density at radius 1 is 1.20 bits per heavy atom. The molecule has 0 aromatic heterocycles. The van der Waals surface area contributed by atoms with Crippen LogP contribution in [0.25, 0.3) is 0 Å². The summed E-state index contributed by atoms with van der Waals surface area (Å²) >= 11 is 0. The molecule has 2 aliphatic carbocycles. The Balaban J connectivity index is 1.53. The van der Waals surface area contributed by atoms with E-state index in [4.69, 9.17) is 15.2 Å². The summed E-state index contributed by atoms with van der Waals surface area (Å²) in [6.45, 7) is 8.32. The highest BCUT2D eigenvalue weighted by Gasteiger charge is 2.57. The Morgan fingerprint density at radius 3 is 2.63 bits per heavy atom. The third-order valence-electron chi connectivity index (χ3n) is 8.72. The maximum atomic E-state index is 12.0. The van der Waals surface area contributed by atoms with Crippen molar-refractivity contribution < 1.29 is 14.3 Å². The van der Waals surface area contributed by atoms with E-state index < -0.39 is 5.79 Å². The molecule has 164 valence electrons. The molecule has 5 heteroatoms. The number of benzene rings is 1. The quantitative estimate of drug-likeness (QED) is 0.818. The number of nitrogens with zero attached hydrogens (tertiary/aromatic N) is 1. The first kappa shape index (κ1) is 20.5. The van der Waals surface area contributed by atoms with Gasteiger partial charge in [-0.1, -0.05) is 12.5 Å². The van der Waals surface area contributed by atoms with Crippen molar-refractivity contribution in [2.45, 2.75) is 76.0 Å². The van der Waals surface area contributed by atoms with E-state index in [1.165, 1.54) is 36.9 Å². The molecule has 5 nitrogen and oxygen atoms in total. The zero-order valence-electron chi connectivity index (χ0n) is 18.5. The number of aryl methyl sites for hydroxylation is 1. The molecule has 0 unspecified atom stereocenters. The smallest absolute Gasteiger partial charge is 0.248 e. The SMILES string of the molecule is Cc1ccc(C(N)=O)cc1[C@]12CCN(CC3CCC3)[C@H](C)[C@@H]1CCC1(C2)OCCO1. The lowest BCUT2D eigenvalue weighted by molar-refractivity contribution is -0.211. The molecule has 1 amide bonds. The summed E-state index contributed by atoms with van der Waals surface area (Å²) in [4.78, 5) is 14.7. The van der Waals surface area contributed by atoms with E-state index >= 15 is 0 Å². The summed E-state index contributed by atoms with van der Waals surface area (Å²) in [7, 11) is 0. The van der Waals surface area contributed by atoms with E-state index in [0.717, 1.165) is 38.1 Å². The largest absolute Gasteiger partial charge is 0.366 e. The van der Waals surface area contributed by atoms with E-state index in [9.17, 15) is 4.79 Å². The number of carbonyl (C=O) groups is 1. The number of hydrogen-bond donors (Lipinski definition) is 1. The van der Waals surface area contributed by atoms with Crippen LogP contribution >= 0.6 is 0 Å². The van der Waals surface area contributed by atoms with Crippen LogP contribution in [-0.2, 0) is 14.9 Å². The van der Waals surface area contributed by atoms with Gasteiger partial charge in [0.2, 0.25) is 5.91 Å². The average molecular weight is 413 g/mol. The van der Waals surface area contributed by atoms with Gasteiger partial charge in [0.15, 0.2) is 5.79 Å². The van der Waals surface area contributed by atoms with Gasteiger partial charge in [-0.15, -0.1) is 0 Å². The second kappa shape index (κ2) is 7.61. The number of piperidine rings is 1. The van der Waals surface area contributed by atoms with Gasteiger partial charge in [0.1, 0.15) is 0 Å². The first-order chi connectivity index (χ1) is 14.4. The first-order valence-corrected chi connectivity index (χ1v) is 11.9. The van der Waals surface area contributed by atoms with E-state index in [0.29, 0.717) is 30.7 Å². The third-order valence-corrected chi connectivity index (χ3v) is 8.72. The Bertz CT molecular complexity index is 815. The summed E-state index contributed by atoms with van der Waals surface area (Å²) in [5.41, 5.74) is 8.79. The van der Waals surface area contributed by atoms with E-state index in [-0.39, 0.29) is 11.3 Å². The van der Waals surface area contributed by atoms with Gasteiger partial charge in [-0.3, -0.25) is 4.79 Å². The summed E-state index contributed by atoms with van der Waals surface area (Å²) in [5.74, 6) is 0.614. The number of likely N-dealkylation sites (tertiary alicyclic amines) is 1. The number of amides is 1. The monoisotopic (exact) mass is 412 g/mol. The van der Waals surface area contributed by atoms with Crippen LogP contribution in [-0.4, -0.2) is 48.9 Å². The number of rotatable bonds is 4. The number of ether oxygens (including phenoxy) is 2. The van der Waals surface area contributed by atoms with Crippen LogP contribution in [0.5, 0.6) is 0 Å². The molecule has 3 atom stereocenters. The zero-order valence-corrected chi connectivity index (χ0v) is 18.5. The Kier molecular flexibility index (Phi) is 5.19. The fraction of sp³-hybridized carbons (Fsp3) is 0.720. The van der Waals surface area contributed by atoms with Crippen LogP contribution in [0.2, 0.25) is 0 Å². The molecular weight excluding hydrogens is 376 g/mol. The third kappa shape index (κ3) is 3.30. The van der Waals surface area contributed by atoms with Crippen LogP contribution in [0.1, 0.15) is 73.4 Å². The van der Waals surface area contributed by atoms with Gasteiger partial charge >= 0.3 is 0 Å². The highest BCUT2D eigenvalue weighted by molar-refractivity contribution is 5.93. The van der Waals surface area contributed by atoms with Crippen LogP contribution in [0.3, 0.4) is 0 Å². The molecule has 2 N–H and O–H groups in total. The maximum Gasteiger partial charge on any atom is 0.248 e. The Labute approximate surface area is 180 Å². The summed E-state index contributed by atoms with van der Waals surface area (Å²) in [6.07, 6.45) is 8.23. The molecule has 1 aromatic rings. The molecule has 4 fully saturated rings. The second-order valence-corrected chi connectivity index (χ2v) is 10.3. The molecule has 4 aliphatic rings. The maximum absolute atomic E-state index is 12.0. The summed E-state index contributed by atoms with van der Waals surface area (Å²) in [5, 5.41) is 0. The normalized spacial score (nSPS) is 33.9. The molecule has 2 heterocycles. The minimum absolute atomic E-state index is 0.0341. The van der Waals surface area contributed by atoms with Crippen molar-refractivity contribution in [3.63, 3.8) is 0 Å². The lowest BCUT2D eigenvalue weighted by atomic mass is 9.54. The molecule has 2 saturated carbocycles. The standard InChI is InChI=1S/C25H36N2O3/c1-17-6-7-20(23(26)28)14-22(17)24-10-11-27(15-19-4-3-5-19)18(2)21(24)8-9-25(16-24)29-12-13-30-25/h6-7,14,18-19,21H,3-5,8-13,15-16H2,1-2H3,(H2,26,28)/t18-,21+,24+/m1/s1. The highest BCUT2D eigenvalue weighted by Crippen LogP contribution is 2.56. The second-order valence-electron chi connectivity index (χ2n) is 10.3. The summed E-state index contributed by atoms with van der Waals surface area (Å²) in [6, 6.07) is 6.54. The fourth-order valence-corrected chi connectivity index (χ4v) is 6.88. The van der Waals surface area contributed by atoms with E-state index in [2.05, 4.69) is 30.9 Å². The fourth-order valence-electron chi connectivity index (χ4n) is 6.88. The van der Waals surface area contributed by atoms with Crippen molar-refractivity contribution in [2.75, 3.05) is 26.3 Å². The van der Waals surface area contributed by atoms with Crippen molar-refractivity contribution in [2.24, 2.45) is 17.6 Å². The van der Waals surface area contributed by atoms with Gasteiger partial charge < -0.3 is 20.1 Å². The molecule has 0 radical (unpaired) electrons. The van der Waals surface area contributed by atoms with Crippen LogP contribution < -0.4 is 5.73 Å². The van der Waals surface area contributed by atoms with Crippen LogP contribution in [0, 0.1) is 18.8 Å². The number of fused-ring (bicyclic) bond motifs is 1. The van der Waals surface area contributed by atoms with Gasteiger partial charge in [-0.05, 0) is 81.2 Å². The van der Waals surface area contributed by atoms with Crippen molar-refractivity contribution in [1.82, 2.24) is 4.90 Å². The first-order valence-electron chi connectivity index (χ1n) is 11.9. The molecule has 1 aromatic carbocycles. The lowest BCUT2D eigenvalue weighted by Crippen LogP contribution is -2.61. The van der Waals surface area contributed by atoms with Gasteiger partial charge in [0.05, 0.1) is 13.2 Å². The molecule has 5 rings (SSSR count). The number of hydrogen-bond acceptors (Lipinski definition) is 4. The molecule has 30 heavy (non-hydrogen) atoms. The molecule has 1 spiro atoms. The molecule has 2 aliphatic heterocycles. The van der Waals surface area contributed by atoms with Gasteiger partial charge in [0, 0.05) is 36.4 Å². The predicted molar refractivity (Wildman–Crippen MR) is 116 cm³/mol. The molecule has 0 bridgehead atoms.